The van der Waals surface area contributed by atoms with E-state index in [1.807, 2.05) is 31.2 Å². The van der Waals surface area contributed by atoms with Gasteiger partial charge in [0.2, 0.25) is 0 Å². The second kappa shape index (κ2) is 7.68. The Balaban J connectivity index is 2.59. The Labute approximate surface area is 102 Å². The van der Waals surface area contributed by atoms with Crippen LogP contribution in [0.1, 0.15) is 18.9 Å². The number of carbonyl (C=O) groups is 1. The van der Waals surface area contributed by atoms with Crippen LogP contribution in [-0.4, -0.2) is 26.3 Å². The van der Waals surface area contributed by atoms with E-state index in [2.05, 4.69) is 10.6 Å². The Morgan fingerprint density at radius 2 is 2.12 bits per heavy atom. The number of carbonyl (C=O) groups excluding carboxylic acids is 1. The number of rotatable bonds is 6. The zero-order valence-corrected chi connectivity index (χ0v) is 10.5. The third-order valence-corrected chi connectivity index (χ3v) is 2.38. The summed E-state index contributed by atoms with van der Waals surface area (Å²) in [5, 5.41) is 5.63. The number of para-hydroxylation sites is 1. The second-order valence-corrected chi connectivity index (χ2v) is 3.78. The van der Waals surface area contributed by atoms with E-state index in [-0.39, 0.29) is 6.03 Å². The second-order valence-electron chi connectivity index (χ2n) is 3.78. The van der Waals surface area contributed by atoms with Crippen molar-refractivity contribution in [2.75, 3.05) is 25.6 Å². The molecule has 0 unspecified atom stereocenters. The molecule has 0 atom stereocenters. The van der Waals surface area contributed by atoms with Crippen LogP contribution in [0.25, 0.3) is 0 Å². The number of amides is 2. The lowest BCUT2D eigenvalue weighted by atomic mass is 10.1. The van der Waals surface area contributed by atoms with Crippen molar-refractivity contribution >= 4 is 11.7 Å². The van der Waals surface area contributed by atoms with Gasteiger partial charge in [-0.2, -0.15) is 0 Å². The highest BCUT2D eigenvalue weighted by Gasteiger charge is 2.05. The molecule has 1 aromatic rings. The zero-order valence-electron chi connectivity index (χ0n) is 10.5. The minimum Gasteiger partial charge on any atom is -0.384 e. The zero-order chi connectivity index (χ0) is 12.5. The van der Waals surface area contributed by atoms with E-state index in [1.54, 1.807) is 7.11 Å². The molecule has 0 aliphatic carbocycles. The van der Waals surface area contributed by atoms with Crippen molar-refractivity contribution in [2.24, 2.45) is 0 Å². The first-order chi connectivity index (χ1) is 8.27. The third kappa shape index (κ3) is 4.87. The highest BCUT2D eigenvalue weighted by Crippen LogP contribution is 2.15. The van der Waals surface area contributed by atoms with Gasteiger partial charge in [0.1, 0.15) is 0 Å². The number of hydrogen-bond donors (Lipinski definition) is 2. The van der Waals surface area contributed by atoms with Crippen LogP contribution in [0.5, 0.6) is 0 Å². The van der Waals surface area contributed by atoms with Gasteiger partial charge in [-0.25, -0.2) is 4.79 Å². The fraction of sp³-hybridized carbons (Fsp3) is 0.462. The lowest BCUT2D eigenvalue weighted by Gasteiger charge is -2.11. The topological polar surface area (TPSA) is 50.4 Å². The molecule has 2 N–H and O–H groups in total. The molecule has 17 heavy (non-hydrogen) atoms. The van der Waals surface area contributed by atoms with Crippen LogP contribution in [0.3, 0.4) is 0 Å². The van der Waals surface area contributed by atoms with Gasteiger partial charge in [0, 0.05) is 19.3 Å². The summed E-state index contributed by atoms with van der Waals surface area (Å²) < 4.78 is 5.04. The average molecular weight is 236 g/mol. The number of nitrogens with one attached hydrogen (secondary N) is 2. The standard InChI is InChI=1S/C13H20N2O2/c1-3-9-14-13(16)15-12-7-5-4-6-11(12)8-10-17-2/h4-7H,3,8-10H2,1-2H3,(H2,14,15,16). The van der Waals surface area contributed by atoms with Gasteiger partial charge in [-0.3, -0.25) is 0 Å². The van der Waals surface area contributed by atoms with E-state index in [0.717, 1.165) is 24.1 Å². The van der Waals surface area contributed by atoms with E-state index >= 15 is 0 Å². The van der Waals surface area contributed by atoms with Gasteiger partial charge in [-0.1, -0.05) is 25.1 Å². The van der Waals surface area contributed by atoms with E-state index in [0.29, 0.717) is 13.2 Å². The van der Waals surface area contributed by atoms with Crippen LogP contribution in [0, 0.1) is 0 Å². The van der Waals surface area contributed by atoms with Crippen molar-refractivity contribution in [3.8, 4) is 0 Å². The molecule has 0 heterocycles. The largest absolute Gasteiger partial charge is 0.384 e. The van der Waals surface area contributed by atoms with Gasteiger partial charge in [0.05, 0.1) is 6.61 Å². The van der Waals surface area contributed by atoms with Gasteiger partial charge in [-0.05, 0) is 24.5 Å². The van der Waals surface area contributed by atoms with Crippen molar-refractivity contribution in [1.82, 2.24) is 5.32 Å². The number of ether oxygens (including phenoxy) is 1. The number of benzene rings is 1. The molecule has 4 heteroatoms. The SMILES string of the molecule is CCCNC(=O)Nc1ccccc1CCOC. The number of hydrogen-bond acceptors (Lipinski definition) is 2. The molecule has 0 saturated heterocycles. The van der Waals surface area contributed by atoms with Crippen LogP contribution in [0.15, 0.2) is 24.3 Å². The van der Waals surface area contributed by atoms with E-state index in [1.165, 1.54) is 0 Å². The molecule has 1 rings (SSSR count). The number of anilines is 1. The minimum absolute atomic E-state index is 0.156. The highest BCUT2D eigenvalue weighted by atomic mass is 16.5. The lowest BCUT2D eigenvalue weighted by Crippen LogP contribution is -2.29. The van der Waals surface area contributed by atoms with Crippen molar-refractivity contribution in [2.45, 2.75) is 19.8 Å². The normalized spacial score (nSPS) is 10.0. The van der Waals surface area contributed by atoms with E-state index in [9.17, 15) is 4.79 Å². The Morgan fingerprint density at radius 1 is 1.35 bits per heavy atom. The molecule has 0 radical (unpaired) electrons. The van der Waals surface area contributed by atoms with Gasteiger partial charge >= 0.3 is 6.03 Å². The van der Waals surface area contributed by atoms with E-state index in [4.69, 9.17) is 4.74 Å². The van der Waals surface area contributed by atoms with Crippen LogP contribution < -0.4 is 10.6 Å². The predicted molar refractivity (Wildman–Crippen MR) is 69.3 cm³/mol. The summed E-state index contributed by atoms with van der Waals surface area (Å²) in [5.41, 5.74) is 1.93. The summed E-state index contributed by atoms with van der Waals surface area (Å²) in [6.45, 7) is 3.36. The highest BCUT2D eigenvalue weighted by molar-refractivity contribution is 5.90. The van der Waals surface area contributed by atoms with Crippen molar-refractivity contribution in [3.63, 3.8) is 0 Å². The van der Waals surface area contributed by atoms with Crippen molar-refractivity contribution in [3.05, 3.63) is 29.8 Å². The fourth-order valence-electron chi connectivity index (χ4n) is 1.48. The Hall–Kier alpha value is -1.55. The molecule has 2 amide bonds. The summed E-state index contributed by atoms with van der Waals surface area (Å²) in [6.07, 6.45) is 1.72. The van der Waals surface area contributed by atoms with Crippen molar-refractivity contribution in [1.29, 1.82) is 0 Å². The van der Waals surface area contributed by atoms with Gasteiger partial charge in [0.15, 0.2) is 0 Å². The molecule has 94 valence electrons. The van der Waals surface area contributed by atoms with Crippen LogP contribution >= 0.6 is 0 Å². The molecule has 0 fully saturated rings. The molecule has 0 aromatic heterocycles. The summed E-state index contributed by atoms with van der Waals surface area (Å²) in [4.78, 5) is 11.5. The Morgan fingerprint density at radius 3 is 2.82 bits per heavy atom. The van der Waals surface area contributed by atoms with Crippen molar-refractivity contribution < 1.29 is 9.53 Å². The van der Waals surface area contributed by atoms with Crippen LogP contribution in [-0.2, 0) is 11.2 Å². The van der Waals surface area contributed by atoms with E-state index < -0.39 is 0 Å². The first kappa shape index (κ1) is 13.5. The van der Waals surface area contributed by atoms with Gasteiger partial charge in [0.25, 0.3) is 0 Å². The minimum atomic E-state index is -0.156. The lowest BCUT2D eigenvalue weighted by molar-refractivity contribution is 0.202. The third-order valence-electron chi connectivity index (χ3n) is 2.38. The maximum absolute atomic E-state index is 11.5. The van der Waals surface area contributed by atoms with Gasteiger partial charge in [-0.15, -0.1) is 0 Å². The van der Waals surface area contributed by atoms with Crippen LogP contribution in [0.2, 0.25) is 0 Å². The smallest absolute Gasteiger partial charge is 0.319 e. The monoisotopic (exact) mass is 236 g/mol. The number of methoxy groups -OCH3 is 1. The predicted octanol–water partition coefficient (Wildman–Crippen LogP) is 2.41. The molecule has 0 spiro atoms. The molecule has 1 aromatic carbocycles. The number of urea groups is 1. The Bertz CT molecular complexity index is 353. The maximum atomic E-state index is 11.5. The molecule has 0 bridgehead atoms. The first-order valence-corrected chi connectivity index (χ1v) is 5.89. The average Bonchev–Trinajstić information content (AvgIpc) is 2.35. The molecular weight excluding hydrogens is 216 g/mol. The molecule has 0 aliphatic rings. The first-order valence-electron chi connectivity index (χ1n) is 5.89. The summed E-state index contributed by atoms with van der Waals surface area (Å²) in [6, 6.07) is 7.60. The maximum Gasteiger partial charge on any atom is 0.319 e. The molecule has 4 nitrogen and oxygen atoms in total. The Kier molecular flexibility index (Phi) is 6.10. The molecule has 0 saturated carbocycles. The molecule has 0 aliphatic heterocycles. The van der Waals surface area contributed by atoms with Gasteiger partial charge < -0.3 is 15.4 Å². The quantitative estimate of drug-likeness (QED) is 0.797. The fourth-order valence-corrected chi connectivity index (χ4v) is 1.48. The summed E-state index contributed by atoms with van der Waals surface area (Å²) in [7, 11) is 1.67. The molecular formula is C13H20N2O2. The van der Waals surface area contributed by atoms with Crippen LogP contribution in [0.4, 0.5) is 10.5 Å². The summed E-state index contributed by atoms with van der Waals surface area (Å²) in [5.74, 6) is 0. The summed E-state index contributed by atoms with van der Waals surface area (Å²) >= 11 is 0.